The molecule has 1 aromatic carbocycles. The van der Waals surface area contributed by atoms with Gasteiger partial charge >= 0.3 is 6.18 Å². The van der Waals surface area contributed by atoms with Crippen molar-refractivity contribution in [3.8, 4) is 0 Å². The van der Waals surface area contributed by atoms with Gasteiger partial charge in [0.05, 0.1) is 6.54 Å². The van der Waals surface area contributed by atoms with E-state index in [0.29, 0.717) is 5.56 Å². The molecule has 1 aromatic rings. The third-order valence-corrected chi connectivity index (χ3v) is 2.60. The SMILES string of the molecule is CN1CC(O)(C(F)(F)F)N=C1c1ccccc1. The van der Waals surface area contributed by atoms with Gasteiger partial charge in [0, 0.05) is 12.6 Å². The molecule has 1 aliphatic rings. The van der Waals surface area contributed by atoms with Crippen LogP contribution in [0.3, 0.4) is 0 Å². The number of halogens is 3. The standard InChI is InChI=1S/C11H11F3N2O/c1-16-7-10(17,11(12,13)14)15-9(16)8-5-3-2-4-6-8/h2-6,17H,7H2,1H3. The molecule has 1 heterocycles. The van der Waals surface area contributed by atoms with Crippen molar-refractivity contribution in [1.82, 2.24) is 4.90 Å². The number of alkyl halides is 3. The number of benzene rings is 1. The van der Waals surface area contributed by atoms with Gasteiger partial charge in [-0.25, -0.2) is 4.99 Å². The summed E-state index contributed by atoms with van der Waals surface area (Å²) in [6.07, 6.45) is -4.77. The molecular weight excluding hydrogens is 233 g/mol. The molecule has 1 atom stereocenters. The Bertz CT molecular complexity index is 444. The third kappa shape index (κ3) is 2.00. The highest BCUT2D eigenvalue weighted by Gasteiger charge is 2.58. The van der Waals surface area contributed by atoms with Gasteiger partial charge in [0.15, 0.2) is 0 Å². The molecule has 1 aliphatic heterocycles. The Balaban J connectivity index is 2.40. The number of amidine groups is 1. The van der Waals surface area contributed by atoms with Gasteiger partial charge in [-0.05, 0) is 0 Å². The Morgan fingerprint density at radius 2 is 1.88 bits per heavy atom. The summed E-state index contributed by atoms with van der Waals surface area (Å²) in [5.74, 6) is 0.144. The van der Waals surface area contributed by atoms with E-state index in [2.05, 4.69) is 4.99 Å². The van der Waals surface area contributed by atoms with Gasteiger partial charge < -0.3 is 10.0 Å². The van der Waals surface area contributed by atoms with Crippen LogP contribution >= 0.6 is 0 Å². The molecule has 0 saturated carbocycles. The van der Waals surface area contributed by atoms with Crippen LogP contribution in [0.4, 0.5) is 13.2 Å². The number of aliphatic imine (C=N–C) groups is 1. The first-order valence-electron chi connectivity index (χ1n) is 4.99. The minimum absolute atomic E-state index is 0.144. The van der Waals surface area contributed by atoms with E-state index in [1.807, 2.05) is 0 Å². The average molecular weight is 244 g/mol. The predicted molar refractivity (Wildman–Crippen MR) is 56.6 cm³/mol. The van der Waals surface area contributed by atoms with E-state index in [-0.39, 0.29) is 5.84 Å². The highest BCUT2D eigenvalue weighted by atomic mass is 19.4. The quantitative estimate of drug-likeness (QED) is 0.815. The van der Waals surface area contributed by atoms with Gasteiger partial charge in [0.25, 0.3) is 5.72 Å². The number of likely N-dealkylation sites (N-methyl/N-ethyl adjacent to an activating group) is 1. The molecule has 3 nitrogen and oxygen atoms in total. The molecule has 0 spiro atoms. The molecular formula is C11H11F3N2O. The number of aliphatic hydroxyl groups is 1. The van der Waals surface area contributed by atoms with Crippen molar-refractivity contribution in [2.24, 2.45) is 4.99 Å². The summed E-state index contributed by atoms with van der Waals surface area (Å²) < 4.78 is 37.9. The number of hydrogen-bond donors (Lipinski definition) is 1. The fraction of sp³-hybridized carbons (Fsp3) is 0.364. The van der Waals surface area contributed by atoms with Crippen molar-refractivity contribution in [2.75, 3.05) is 13.6 Å². The Kier molecular flexibility index (Phi) is 2.61. The highest BCUT2D eigenvalue weighted by Crippen LogP contribution is 2.36. The van der Waals surface area contributed by atoms with Crippen molar-refractivity contribution >= 4 is 5.84 Å². The monoisotopic (exact) mass is 244 g/mol. The summed E-state index contributed by atoms with van der Waals surface area (Å²) in [6.45, 7) is -0.583. The molecule has 0 fully saturated rings. The predicted octanol–water partition coefficient (Wildman–Crippen LogP) is 1.63. The zero-order valence-corrected chi connectivity index (χ0v) is 9.07. The van der Waals surface area contributed by atoms with Crippen LogP contribution in [0, 0.1) is 0 Å². The van der Waals surface area contributed by atoms with E-state index in [4.69, 9.17) is 0 Å². The maximum Gasteiger partial charge on any atom is 0.440 e. The van der Waals surface area contributed by atoms with Gasteiger partial charge in [0.1, 0.15) is 5.84 Å². The van der Waals surface area contributed by atoms with Crippen molar-refractivity contribution in [1.29, 1.82) is 0 Å². The molecule has 0 aromatic heterocycles. The minimum atomic E-state index is -4.77. The number of nitrogens with zero attached hydrogens (tertiary/aromatic N) is 2. The number of hydrogen-bond acceptors (Lipinski definition) is 3. The van der Waals surface area contributed by atoms with Crippen molar-refractivity contribution < 1.29 is 18.3 Å². The molecule has 0 amide bonds. The fourth-order valence-electron chi connectivity index (χ4n) is 1.73. The first-order chi connectivity index (χ1) is 7.83. The average Bonchev–Trinajstić information content (AvgIpc) is 2.56. The lowest BCUT2D eigenvalue weighted by atomic mass is 10.2. The molecule has 0 radical (unpaired) electrons. The second-order valence-corrected chi connectivity index (χ2v) is 3.97. The largest absolute Gasteiger partial charge is 0.440 e. The van der Waals surface area contributed by atoms with Crippen LogP contribution in [0.2, 0.25) is 0 Å². The van der Waals surface area contributed by atoms with Crippen LogP contribution in [-0.4, -0.2) is 41.3 Å². The first kappa shape index (κ1) is 11.9. The van der Waals surface area contributed by atoms with Gasteiger partial charge in [-0.3, -0.25) is 0 Å². The summed E-state index contributed by atoms with van der Waals surface area (Å²) >= 11 is 0. The Morgan fingerprint density at radius 3 is 2.35 bits per heavy atom. The van der Waals surface area contributed by atoms with Gasteiger partial charge in [0.2, 0.25) is 0 Å². The molecule has 0 saturated heterocycles. The Morgan fingerprint density at radius 1 is 1.29 bits per heavy atom. The van der Waals surface area contributed by atoms with E-state index >= 15 is 0 Å². The topological polar surface area (TPSA) is 35.8 Å². The van der Waals surface area contributed by atoms with Crippen LogP contribution in [0.5, 0.6) is 0 Å². The van der Waals surface area contributed by atoms with E-state index < -0.39 is 18.4 Å². The van der Waals surface area contributed by atoms with E-state index in [9.17, 15) is 18.3 Å². The molecule has 92 valence electrons. The normalized spacial score (nSPS) is 25.0. The van der Waals surface area contributed by atoms with Crippen molar-refractivity contribution in [3.05, 3.63) is 35.9 Å². The molecule has 1 N–H and O–H groups in total. The minimum Gasteiger partial charge on any atom is -0.361 e. The van der Waals surface area contributed by atoms with E-state index in [0.717, 1.165) is 0 Å². The van der Waals surface area contributed by atoms with Crippen LogP contribution in [-0.2, 0) is 0 Å². The molecule has 2 rings (SSSR count). The lowest BCUT2D eigenvalue weighted by molar-refractivity contribution is -0.253. The van der Waals surface area contributed by atoms with Gasteiger partial charge in [-0.1, -0.05) is 30.3 Å². The summed E-state index contributed by atoms with van der Waals surface area (Å²) in [7, 11) is 1.47. The van der Waals surface area contributed by atoms with Crippen LogP contribution < -0.4 is 0 Å². The van der Waals surface area contributed by atoms with Crippen LogP contribution in [0.1, 0.15) is 5.56 Å². The summed E-state index contributed by atoms with van der Waals surface area (Å²) in [5, 5.41) is 9.48. The number of rotatable bonds is 1. The zero-order chi connectivity index (χ0) is 12.7. The lowest BCUT2D eigenvalue weighted by Crippen LogP contribution is -2.46. The first-order valence-corrected chi connectivity index (χ1v) is 4.99. The highest BCUT2D eigenvalue weighted by molar-refractivity contribution is 6.00. The zero-order valence-electron chi connectivity index (χ0n) is 9.07. The van der Waals surface area contributed by atoms with Crippen LogP contribution in [0.25, 0.3) is 0 Å². The molecule has 1 unspecified atom stereocenters. The van der Waals surface area contributed by atoms with Crippen molar-refractivity contribution in [2.45, 2.75) is 11.9 Å². The second kappa shape index (κ2) is 3.73. The second-order valence-electron chi connectivity index (χ2n) is 3.97. The van der Waals surface area contributed by atoms with E-state index in [1.54, 1.807) is 30.3 Å². The lowest BCUT2D eigenvalue weighted by Gasteiger charge is -2.23. The van der Waals surface area contributed by atoms with Crippen LogP contribution in [0.15, 0.2) is 35.3 Å². The van der Waals surface area contributed by atoms with E-state index in [1.165, 1.54) is 11.9 Å². The third-order valence-electron chi connectivity index (χ3n) is 2.60. The molecule has 17 heavy (non-hydrogen) atoms. The Hall–Kier alpha value is -1.56. The fourth-order valence-corrected chi connectivity index (χ4v) is 1.73. The smallest absolute Gasteiger partial charge is 0.361 e. The maximum atomic E-state index is 12.6. The van der Waals surface area contributed by atoms with Crippen molar-refractivity contribution in [3.63, 3.8) is 0 Å². The van der Waals surface area contributed by atoms with Gasteiger partial charge in [-0.15, -0.1) is 0 Å². The molecule has 0 bridgehead atoms. The summed E-state index contributed by atoms with van der Waals surface area (Å²) in [4.78, 5) is 4.71. The molecule has 6 heteroatoms. The maximum absolute atomic E-state index is 12.6. The van der Waals surface area contributed by atoms with Gasteiger partial charge in [-0.2, -0.15) is 13.2 Å². The molecule has 0 aliphatic carbocycles. The summed E-state index contributed by atoms with van der Waals surface area (Å²) in [6, 6.07) is 8.47. The summed E-state index contributed by atoms with van der Waals surface area (Å²) in [5.41, 5.74) is -2.46. The number of β-amino-alcohol motifs (C(OH)–C–C–N with tert-alkyl or cyclic N) is 1. The Labute approximate surface area is 96.2 Å².